The molecule has 3 N–H and O–H groups in total. The van der Waals surface area contributed by atoms with E-state index in [9.17, 15) is 8.78 Å². The number of ether oxygens (including phenoxy) is 1. The van der Waals surface area contributed by atoms with Crippen molar-refractivity contribution in [2.75, 3.05) is 18.2 Å². The van der Waals surface area contributed by atoms with E-state index in [1.54, 1.807) is 4.52 Å². The Morgan fingerprint density at radius 1 is 1.07 bits per heavy atom. The molecule has 2 aromatic carbocycles. The van der Waals surface area contributed by atoms with Crippen molar-refractivity contribution >= 4 is 17.3 Å². The Balaban J connectivity index is 1.54. The fraction of sp³-hybridized carbons (Fsp3) is 0.100. The molecular formula is C20H17F2N5O. The molecule has 0 aliphatic heterocycles. The van der Waals surface area contributed by atoms with E-state index >= 15 is 0 Å². The van der Waals surface area contributed by atoms with Crippen LogP contribution in [-0.2, 0) is 6.54 Å². The molecule has 0 radical (unpaired) electrons. The van der Waals surface area contributed by atoms with Crippen LogP contribution in [0.1, 0.15) is 5.56 Å². The molecule has 2 aromatic heterocycles. The van der Waals surface area contributed by atoms with Crippen LogP contribution in [0, 0.1) is 11.6 Å². The number of halogens is 2. The van der Waals surface area contributed by atoms with E-state index in [1.165, 1.54) is 13.2 Å². The summed E-state index contributed by atoms with van der Waals surface area (Å²) in [5.41, 5.74) is 9.25. The highest BCUT2D eigenvalue weighted by atomic mass is 19.1. The van der Waals surface area contributed by atoms with E-state index in [4.69, 9.17) is 10.5 Å². The van der Waals surface area contributed by atoms with Crippen molar-refractivity contribution in [2.45, 2.75) is 6.54 Å². The first-order chi connectivity index (χ1) is 13.6. The number of benzene rings is 2. The average molecular weight is 381 g/mol. The van der Waals surface area contributed by atoms with Gasteiger partial charge >= 0.3 is 0 Å². The minimum absolute atomic E-state index is 0.171. The average Bonchev–Trinajstić information content (AvgIpc) is 3.08. The Kier molecular flexibility index (Phi) is 4.52. The van der Waals surface area contributed by atoms with Gasteiger partial charge in [-0.05, 0) is 29.8 Å². The third-order valence-corrected chi connectivity index (χ3v) is 4.36. The van der Waals surface area contributed by atoms with Crippen LogP contribution in [0.4, 0.5) is 20.4 Å². The van der Waals surface area contributed by atoms with Gasteiger partial charge in [0.05, 0.1) is 18.5 Å². The summed E-state index contributed by atoms with van der Waals surface area (Å²) >= 11 is 0. The highest BCUT2D eigenvalue weighted by Crippen LogP contribution is 2.28. The van der Waals surface area contributed by atoms with Gasteiger partial charge in [-0.25, -0.2) is 13.3 Å². The van der Waals surface area contributed by atoms with Crippen molar-refractivity contribution in [1.82, 2.24) is 14.6 Å². The molecule has 4 rings (SSSR count). The molecule has 0 amide bonds. The predicted octanol–water partition coefficient (Wildman–Crippen LogP) is 3.88. The molecule has 0 saturated carbocycles. The molecule has 2 heterocycles. The van der Waals surface area contributed by atoms with Crippen LogP contribution < -0.4 is 15.8 Å². The molecule has 0 spiro atoms. The summed E-state index contributed by atoms with van der Waals surface area (Å²) in [6.07, 6.45) is 0. The van der Waals surface area contributed by atoms with E-state index in [2.05, 4.69) is 15.4 Å². The molecule has 0 saturated heterocycles. The maximum Gasteiger partial charge on any atom is 0.240 e. The van der Waals surface area contributed by atoms with E-state index in [1.807, 2.05) is 42.5 Å². The molecule has 0 fully saturated rings. The largest absolute Gasteiger partial charge is 0.491 e. The zero-order chi connectivity index (χ0) is 19.7. The van der Waals surface area contributed by atoms with Crippen LogP contribution in [0.25, 0.3) is 16.9 Å². The fourth-order valence-electron chi connectivity index (χ4n) is 2.99. The summed E-state index contributed by atoms with van der Waals surface area (Å²) < 4.78 is 34.2. The third-order valence-electron chi connectivity index (χ3n) is 4.36. The van der Waals surface area contributed by atoms with Crippen LogP contribution in [0.15, 0.2) is 54.6 Å². The van der Waals surface area contributed by atoms with Crippen molar-refractivity contribution in [1.29, 1.82) is 0 Å². The molecule has 0 unspecified atom stereocenters. The van der Waals surface area contributed by atoms with Crippen LogP contribution in [0.3, 0.4) is 0 Å². The van der Waals surface area contributed by atoms with Crippen molar-refractivity contribution in [3.63, 3.8) is 0 Å². The standard InChI is InChI=1S/C20H17F2N5O/c1-28-19-14(21)9-10-15(18(19)22)24-11-12-5-7-13(8-6-12)16-3-2-4-17-25-20(23)26-27(16)17/h2-10,24H,11H2,1H3,(H2,23,26). The summed E-state index contributed by atoms with van der Waals surface area (Å²) in [4.78, 5) is 4.16. The van der Waals surface area contributed by atoms with E-state index in [0.717, 1.165) is 22.9 Å². The monoisotopic (exact) mass is 381 g/mol. The number of fused-ring (bicyclic) bond motifs is 1. The Morgan fingerprint density at radius 2 is 1.86 bits per heavy atom. The quantitative estimate of drug-likeness (QED) is 0.549. The molecule has 4 aromatic rings. The first-order valence-corrected chi connectivity index (χ1v) is 8.53. The van der Waals surface area contributed by atoms with Gasteiger partial charge < -0.3 is 15.8 Å². The van der Waals surface area contributed by atoms with E-state index in [-0.39, 0.29) is 11.6 Å². The Morgan fingerprint density at radius 3 is 2.61 bits per heavy atom. The number of hydrogen-bond donors (Lipinski definition) is 2. The molecule has 0 aliphatic rings. The first kappa shape index (κ1) is 17.7. The van der Waals surface area contributed by atoms with Gasteiger partial charge in [0.1, 0.15) is 0 Å². The number of hydrogen-bond acceptors (Lipinski definition) is 5. The lowest BCUT2D eigenvalue weighted by atomic mass is 10.1. The van der Waals surface area contributed by atoms with Crippen molar-refractivity contribution in [3.8, 4) is 17.0 Å². The van der Waals surface area contributed by atoms with Gasteiger partial charge in [-0.3, -0.25) is 0 Å². The zero-order valence-corrected chi connectivity index (χ0v) is 15.0. The lowest BCUT2D eigenvalue weighted by molar-refractivity contribution is 0.360. The second kappa shape index (κ2) is 7.15. The van der Waals surface area contributed by atoms with Gasteiger partial charge in [0, 0.05) is 12.1 Å². The van der Waals surface area contributed by atoms with Crippen LogP contribution in [0.5, 0.6) is 5.75 Å². The molecule has 0 bridgehead atoms. The lowest BCUT2D eigenvalue weighted by Crippen LogP contribution is -2.04. The zero-order valence-electron chi connectivity index (χ0n) is 15.0. The Bertz CT molecular complexity index is 1140. The Labute approximate surface area is 159 Å². The van der Waals surface area contributed by atoms with Crippen molar-refractivity contribution in [2.24, 2.45) is 0 Å². The second-order valence-electron chi connectivity index (χ2n) is 6.14. The Hall–Kier alpha value is -3.68. The van der Waals surface area contributed by atoms with E-state index in [0.29, 0.717) is 12.2 Å². The highest BCUT2D eigenvalue weighted by Gasteiger charge is 2.14. The molecular weight excluding hydrogens is 364 g/mol. The second-order valence-corrected chi connectivity index (χ2v) is 6.14. The summed E-state index contributed by atoms with van der Waals surface area (Å²) in [7, 11) is 1.23. The molecule has 0 aliphatic carbocycles. The number of methoxy groups -OCH3 is 1. The summed E-state index contributed by atoms with van der Waals surface area (Å²) in [6, 6.07) is 15.9. The van der Waals surface area contributed by atoms with Gasteiger partial charge in [0.25, 0.3) is 0 Å². The topological polar surface area (TPSA) is 77.5 Å². The number of nitrogen functional groups attached to an aromatic ring is 1. The first-order valence-electron chi connectivity index (χ1n) is 8.53. The number of aromatic nitrogens is 3. The van der Waals surface area contributed by atoms with Gasteiger partial charge in [0.15, 0.2) is 23.0 Å². The lowest BCUT2D eigenvalue weighted by Gasteiger charge is -2.11. The van der Waals surface area contributed by atoms with Gasteiger partial charge in [-0.15, -0.1) is 5.10 Å². The smallest absolute Gasteiger partial charge is 0.240 e. The predicted molar refractivity (Wildman–Crippen MR) is 103 cm³/mol. The molecule has 6 nitrogen and oxygen atoms in total. The van der Waals surface area contributed by atoms with Crippen LogP contribution >= 0.6 is 0 Å². The number of anilines is 2. The number of nitrogens with one attached hydrogen (secondary N) is 1. The van der Waals surface area contributed by atoms with Gasteiger partial charge in [0.2, 0.25) is 5.95 Å². The maximum absolute atomic E-state index is 14.2. The summed E-state index contributed by atoms with van der Waals surface area (Å²) in [6.45, 7) is 0.368. The minimum atomic E-state index is -0.755. The SMILES string of the molecule is COc1c(F)ccc(NCc2ccc(-c3cccc4nc(N)nn34)cc2)c1F. The highest BCUT2D eigenvalue weighted by molar-refractivity contribution is 5.64. The number of nitrogens with two attached hydrogens (primary N) is 1. The molecule has 8 heteroatoms. The van der Waals surface area contributed by atoms with Crippen LogP contribution in [0.2, 0.25) is 0 Å². The summed E-state index contributed by atoms with van der Waals surface area (Å²) in [5.74, 6) is -1.68. The van der Waals surface area contributed by atoms with Crippen molar-refractivity contribution in [3.05, 3.63) is 71.8 Å². The fourth-order valence-corrected chi connectivity index (χ4v) is 2.99. The van der Waals surface area contributed by atoms with Gasteiger partial charge in [-0.1, -0.05) is 30.3 Å². The number of rotatable bonds is 5. The number of nitrogens with zero attached hydrogens (tertiary/aromatic N) is 3. The van der Waals surface area contributed by atoms with Crippen LogP contribution in [-0.4, -0.2) is 21.7 Å². The summed E-state index contributed by atoms with van der Waals surface area (Å²) in [5, 5.41) is 7.17. The minimum Gasteiger partial charge on any atom is -0.491 e. The molecule has 142 valence electrons. The number of pyridine rings is 1. The molecule has 28 heavy (non-hydrogen) atoms. The van der Waals surface area contributed by atoms with Crippen molar-refractivity contribution < 1.29 is 13.5 Å². The normalized spacial score (nSPS) is 11.0. The third kappa shape index (κ3) is 3.20. The van der Waals surface area contributed by atoms with E-state index < -0.39 is 17.4 Å². The molecule has 0 atom stereocenters. The maximum atomic E-state index is 14.2. The van der Waals surface area contributed by atoms with Gasteiger partial charge in [-0.2, -0.15) is 4.98 Å².